The second-order valence-corrected chi connectivity index (χ2v) is 7.57. The van der Waals surface area contributed by atoms with Crippen LogP contribution in [0.25, 0.3) is 0 Å². The van der Waals surface area contributed by atoms with Crippen molar-refractivity contribution in [3.63, 3.8) is 0 Å². The highest BCUT2D eigenvalue weighted by molar-refractivity contribution is 6.31. The van der Waals surface area contributed by atoms with Gasteiger partial charge in [-0.05, 0) is 32.9 Å². The molecule has 1 amide bonds. The van der Waals surface area contributed by atoms with Gasteiger partial charge in [-0.3, -0.25) is 4.79 Å². The quantitative estimate of drug-likeness (QED) is 0.778. The van der Waals surface area contributed by atoms with Gasteiger partial charge in [0.05, 0.1) is 11.3 Å². The van der Waals surface area contributed by atoms with Crippen molar-refractivity contribution < 1.29 is 19.1 Å². The number of hydrogen-bond acceptors (Lipinski definition) is 3. The summed E-state index contributed by atoms with van der Waals surface area (Å²) in [5, 5.41) is 11.5. The summed E-state index contributed by atoms with van der Waals surface area (Å²) >= 11 is 5.85. The van der Waals surface area contributed by atoms with Gasteiger partial charge in [0.15, 0.2) is 5.78 Å². The molecule has 0 unspecified atom stereocenters. The molecule has 0 bridgehead atoms. The van der Waals surface area contributed by atoms with Gasteiger partial charge in [0.2, 0.25) is 0 Å². The lowest BCUT2D eigenvalue weighted by molar-refractivity contribution is -0.247. The normalized spacial score (nSPS) is 12.2. The number of carbonyl (C=O) groups excluding carboxylic acids is 2. The molecule has 0 heterocycles. The lowest BCUT2D eigenvalue weighted by atomic mass is 9.85. The molecule has 0 saturated carbocycles. The van der Waals surface area contributed by atoms with Crippen molar-refractivity contribution >= 4 is 29.2 Å². The number of amides is 1. The Hall–Kier alpha value is -1.62. The van der Waals surface area contributed by atoms with E-state index in [1.807, 2.05) is 0 Å². The molecule has 0 fully saturated rings. The summed E-state index contributed by atoms with van der Waals surface area (Å²) in [4.78, 5) is 24.9. The average Bonchev–Trinajstić information content (AvgIpc) is 2.23. The first-order chi connectivity index (χ1) is 9.76. The third kappa shape index (κ3) is 3.77. The molecule has 0 N–H and O–H groups in total. The van der Waals surface area contributed by atoms with Crippen molar-refractivity contribution in [1.29, 1.82) is 0 Å². The lowest BCUT2D eigenvalue weighted by Crippen LogP contribution is -2.52. The maximum atomic E-state index is 14.4. The van der Waals surface area contributed by atoms with E-state index in [2.05, 4.69) is 0 Å². The molecule has 1 aromatic rings. The Bertz CT molecular complexity index is 615. The Morgan fingerprint density at radius 1 is 1.14 bits per heavy atom. The molecule has 0 aliphatic rings. The SMILES string of the molecule is CC(C)(C)C(=O)c1c(F)cc(Cl)cc1N(C(=O)[O-])C(C)(C)C. The fourth-order valence-corrected chi connectivity index (χ4v) is 2.27. The van der Waals surface area contributed by atoms with Crippen LogP contribution in [0.15, 0.2) is 12.1 Å². The summed E-state index contributed by atoms with van der Waals surface area (Å²) in [5.74, 6) is -1.36. The Kier molecular flexibility index (Phi) is 4.92. The van der Waals surface area contributed by atoms with Gasteiger partial charge in [-0.15, -0.1) is 0 Å². The Balaban J connectivity index is 3.73. The third-order valence-corrected chi connectivity index (χ3v) is 3.25. The maximum absolute atomic E-state index is 14.4. The van der Waals surface area contributed by atoms with E-state index in [1.165, 1.54) is 6.07 Å². The van der Waals surface area contributed by atoms with Crippen LogP contribution < -0.4 is 10.0 Å². The highest BCUT2D eigenvalue weighted by Gasteiger charge is 2.33. The molecule has 0 aliphatic heterocycles. The largest absolute Gasteiger partial charge is 0.530 e. The van der Waals surface area contributed by atoms with Crippen molar-refractivity contribution in [2.45, 2.75) is 47.1 Å². The number of Topliss-reactive ketones (excluding diaryl/α,β-unsaturated/α-hetero) is 1. The molecule has 122 valence electrons. The number of benzene rings is 1. The third-order valence-electron chi connectivity index (χ3n) is 3.04. The zero-order valence-electron chi connectivity index (χ0n) is 13.6. The predicted molar refractivity (Wildman–Crippen MR) is 82.8 cm³/mol. The monoisotopic (exact) mass is 328 g/mol. The first-order valence-electron chi connectivity index (χ1n) is 6.82. The van der Waals surface area contributed by atoms with Crippen molar-refractivity contribution in [1.82, 2.24) is 0 Å². The topological polar surface area (TPSA) is 60.4 Å². The molecular weight excluding hydrogens is 309 g/mol. The van der Waals surface area contributed by atoms with E-state index in [1.54, 1.807) is 41.5 Å². The molecule has 0 aromatic heterocycles. The number of carbonyl (C=O) groups is 2. The van der Waals surface area contributed by atoms with Crippen molar-refractivity contribution in [2.75, 3.05) is 4.90 Å². The number of nitrogens with zero attached hydrogens (tertiary/aromatic N) is 1. The molecule has 0 radical (unpaired) electrons. The lowest BCUT2D eigenvalue weighted by Gasteiger charge is -2.39. The van der Waals surface area contributed by atoms with E-state index in [-0.39, 0.29) is 16.3 Å². The van der Waals surface area contributed by atoms with Gasteiger partial charge in [-0.2, -0.15) is 0 Å². The Labute approximate surface area is 134 Å². The highest BCUT2D eigenvalue weighted by atomic mass is 35.5. The van der Waals surface area contributed by atoms with E-state index in [0.29, 0.717) is 0 Å². The standard InChI is InChI=1S/C16H21ClFNO3/c1-15(2,3)13(20)12-10(18)7-9(17)8-11(12)19(14(21)22)16(4,5)6/h7-8H,1-6H3,(H,21,22)/p-1. The Morgan fingerprint density at radius 3 is 2.00 bits per heavy atom. The summed E-state index contributed by atoms with van der Waals surface area (Å²) < 4.78 is 14.4. The zero-order chi connectivity index (χ0) is 17.5. The minimum absolute atomic E-state index is 0.00783. The van der Waals surface area contributed by atoms with Crippen LogP contribution in [-0.4, -0.2) is 17.4 Å². The predicted octanol–water partition coefficient (Wildman–Crippen LogP) is 3.66. The molecule has 1 aromatic carbocycles. The number of carboxylic acid groups (broad SMARTS) is 1. The van der Waals surface area contributed by atoms with Gasteiger partial charge in [-0.1, -0.05) is 32.4 Å². The summed E-state index contributed by atoms with van der Waals surface area (Å²) in [7, 11) is 0. The van der Waals surface area contributed by atoms with E-state index < -0.39 is 28.6 Å². The van der Waals surface area contributed by atoms with Gasteiger partial charge >= 0.3 is 0 Å². The van der Waals surface area contributed by atoms with Gasteiger partial charge in [0.25, 0.3) is 0 Å². The van der Waals surface area contributed by atoms with Crippen LogP contribution in [0.2, 0.25) is 5.02 Å². The van der Waals surface area contributed by atoms with E-state index in [0.717, 1.165) is 11.0 Å². The maximum Gasteiger partial charge on any atom is 0.173 e. The fraction of sp³-hybridized carbons (Fsp3) is 0.500. The minimum atomic E-state index is -1.53. The van der Waals surface area contributed by atoms with Crippen molar-refractivity contribution in [3.05, 3.63) is 28.5 Å². The van der Waals surface area contributed by atoms with Crippen LogP contribution in [0, 0.1) is 11.2 Å². The molecular formula is C16H20ClFNO3-. The summed E-state index contributed by atoms with van der Waals surface area (Å²) in [6.07, 6.45) is -1.53. The number of hydrogen-bond donors (Lipinski definition) is 0. The van der Waals surface area contributed by atoms with Crippen LogP contribution >= 0.6 is 11.6 Å². The fourth-order valence-electron chi connectivity index (χ4n) is 2.07. The van der Waals surface area contributed by atoms with Crippen LogP contribution in [0.4, 0.5) is 14.9 Å². The molecule has 0 saturated heterocycles. The molecule has 0 atom stereocenters. The molecule has 4 nitrogen and oxygen atoms in total. The van der Waals surface area contributed by atoms with Crippen LogP contribution in [-0.2, 0) is 0 Å². The molecule has 1 rings (SSSR count). The number of anilines is 1. The first kappa shape index (κ1) is 18.4. The van der Waals surface area contributed by atoms with Crippen LogP contribution in [0.1, 0.15) is 51.9 Å². The molecule has 0 aliphatic carbocycles. The Morgan fingerprint density at radius 2 is 1.64 bits per heavy atom. The zero-order valence-corrected chi connectivity index (χ0v) is 14.3. The van der Waals surface area contributed by atoms with E-state index in [4.69, 9.17) is 11.6 Å². The van der Waals surface area contributed by atoms with Crippen LogP contribution in [0.3, 0.4) is 0 Å². The molecule has 22 heavy (non-hydrogen) atoms. The summed E-state index contributed by atoms with van der Waals surface area (Å²) in [6, 6.07) is 2.27. The van der Waals surface area contributed by atoms with E-state index in [9.17, 15) is 19.1 Å². The van der Waals surface area contributed by atoms with Crippen LogP contribution in [0.5, 0.6) is 0 Å². The summed E-state index contributed by atoms with van der Waals surface area (Å²) in [5.41, 5.74) is -2.20. The van der Waals surface area contributed by atoms with Gasteiger partial charge in [0, 0.05) is 16.0 Å². The number of rotatable bonds is 2. The number of ketones is 1. The van der Waals surface area contributed by atoms with E-state index >= 15 is 0 Å². The van der Waals surface area contributed by atoms with Crippen molar-refractivity contribution in [2.24, 2.45) is 5.41 Å². The van der Waals surface area contributed by atoms with Gasteiger partial charge in [0.1, 0.15) is 11.9 Å². The first-order valence-corrected chi connectivity index (χ1v) is 7.19. The highest BCUT2D eigenvalue weighted by Crippen LogP contribution is 2.35. The average molecular weight is 329 g/mol. The number of halogens is 2. The minimum Gasteiger partial charge on any atom is -0.530 e. The second-order valence-electron chi connectivity index (χ2n) is 7.13. The van der Waals surface area contributed by atoms with Crippen molar-refractivity contribution in [3.8, 4) is 0 Å². The molecule has 6 heteroatoms. The van der Waals surface area contributed by atoms with Gasteiger partial charge < -0.3 is 14.8 Å². The smallest absolute Gasteiger partial charge is 0.173 e. The molecule has 0 spiro atoms. The van der Waals surface area contributed by atoms with Gasteiger partial charge in [-0.25, -0.2) is 4.39 Å². The summed E-state index contributed by atoms with van der Waals surface area (Å²) in [6.45, 7) is 9.75. The second kappa shape index (κ2) is 5.88.